The second-order valence-corrected chi connectivity index (χ2v) is 7.49. The van der Waals surface area contributed by atoms with Crippen molar-refractivity contribution < 1.29 is 6.48 Å². The smallest absolute Gasteiger partial charge is 0.132 e. The highest BCUT2D eigenvalue weighted by Gasteiger charge is 2.52. The summed E-state index contributed by atoms with van der Waals surface area (Å²) in [5.41, 5.74) is 2.67. The quantitative estimate of drug-likeness (QED) is 0.833. The van der Waals surface area contributed by atoms with Gasteiger partial charge in [-0.25, -0.2) is 0 Å². The lowest BCUT2D eigenvalue weighted by atomic mass is 9.70. The predicted octanol–water partition coefficient (Wildman–Crippen LogP) is 4.05. The number of para-hydroxylation sites is 1. The number of aliphatic imine (C=N–C) groups is 1. The van der Waals surface area contributed by atoms with Gasteiger partial charge in [-0.3, -0.25) is 9.89 Å². The summed E-state index contributed by atoms with van der Waals surface area (Å²) in [6.45, 7) is 8.20. The van der Waals surface area contributed by atoms with Crippen LogP contribution in [0.25, 0.3) is 0 Å². The maximum Gasteiger partial charge on any atom is 0.132 e. The molecule has 0 unspecified atom stereocenters. The molecule has 1 N–H and O–H groups in total. The Morgan fingerprint density at radius 2 is 2.29 bits per heavy atom. The van der Waals surface area contributed by atoms with Crippen molar-refractivity contribution in [2.75, 3.05) is 13.1 Å². The Bertz CT molecular complexity index is 758. The summed E-state index contributed by atoms with van der Waals surface area (Å²) in [5, 5.41) is 11.5. The molecule has 0 bridgehead atoms. The minimum absolute atomic E-state index is 0.387. The van der Waals surface area contributed by atoms with Crippen LogP contribution in [0.5, 0.6) is 0 Å². The fourth-order valence-electron chi connectivity index (χ4n) is 4.77. The van der Waals surface area contributed by atoms with Crippen molar-refractivity contribution in [3.8, 4) is 0 Å². The van der Waals surface area contributed by atoms with Crippen molar-refractivity contribution in [1.29, 1.82) is 0 Å². The van der Waals surface area contributed by atoms with Crippen molar-refractivity contribution >= 4 is 11.4 Å². The molecule has 0 aromatic heterocycles. The second-order valence-electron chi connectivity index (χ2n) is 7.49. The first kappa shape index (κ1) is 14.9. The van der Waals surface area contributed by atoms with E-state index in [4.69, 9.17) is 4.99 Å². The molecular weight excluding hydrogens is 296 g/mol. The highest BCUT2D eigenvalue weighted by Crippen LogP contribution is 2.48. The molecule has 2 saturated heterocycles. The van der Waals surface area contributed by atoms with E-state index in [2.05, 4.69) is 31.7 Å². The van der Waals surface area contributed by atoms with Crippen molar-refractivity contribution in [2.24, 2.45) is 16.8 Å². The molecular formula is C21H28N2O. The van der Waals surface area contributed by atoms with E-state index in [0.717, 1.165) is 37.2 Å². The lowest BCUT2D eigenvalue weighted by Crippen LogP contribution is -2.60. The monoisotopic (exact) mass is 325 g/mol. The minimum Gasteiger partial charge on any atom is -0.379 e. The molecule has 1 aromatic rings. The van der Waals surface area contributed by atoms with E-state index in [-0.39, 0.29) is 0 Å². The van der Waals surface area contributed by atoms with Gasteiger partial charge in [-0.15, -0.1) is 0 Å². The molecule has 4 rings (SSSR count). The number of fused-ring (bicyclic) bond motifs is 5. The summed E-state index contributed by atoms with van der Waals surface area (Å²) in [6.07, 6.45) is 4.66. The predicted molar refractivity (Wildman–Crippen MR) is 98.7 cm³/mol. The number of allylic oxidation sites excluding steroid dienone is 2. The Hall–Kier alpha value is -1.45. The minimum atomic E-state index is -1.07. The summed E-state index contributed by atoms with van der Waals surface area (Å²) >= 11 is 0. The van der Waals surface area contributed by atoms with Crippen molar-refractivity contribution in [3.05, 3.63) is 41.5 Å². The Labute approximate surface area is 146 Å². The molecule has 3 heteroatoms. The first-order valence-corrected chi connectivity index (χ1v) is 9.23. The largest absolute Gasteiger partial charge is 0.379 e. The van der Waals surface area contributed by atoms with Gasteiger partial charge in [0.15, 0.2) is 0 Å². The average Bonchev–Trinajstić information content (AvgIpc) is 2.94. The molecule has 4 atom stereocenters. The normalized spacial score (nSPS) is 39.6. The van der Waals surface area contributed by atoms with E-state index >= 15 is 0 Å². The summed E-state index contributed by atoms with van der Waals surface area (Å²) < 4.78 is 9.38. The van der Waals surface area contributed by atoms with Gasteiger partial charge in [-0.1, -0.05) is 43.2 Å². The summed E-state index contributed by atoms with van der Waals surface area (Å²) in [6, 6.07) is 6.93. The summed E-state index contributed by atoms with van der Waals surface area (Å²) in [5.74, 6) is 0.961. The molecule has 128 valence electrons. The number of hydrogen-bond acceptors (Lipinski definition) is 3. The van der Waals surface area contributed by atoms with Crippen molar-refractivity contribution in [2.45, 2.75) is 51.7 Å². The number of nitrogens with zero attached hydrogens (tertiary/aromatic N) is 2. The molecule has 3 nitrogen and oxygen atoms in total. The molecule has 2 fully saturated rings. The fourth-order valence-corrected chi connectivity index (χ4v) is 4.77. The van der Waals surface area contributed by atoms with E-state index in [1.165, 1.54) is 5.57 Å². The van der Waals surface area contributed by atoms with E-state index in [1.54, 1.807) is 0 Å². The van der Waals surface area contributed by atoms with Crippen molar-refractivity contribution in [3.63, 3.8) is 0 Å². The third-order valence-electron chi connectivity index (χ3n) is 6.37. The van der Waals surface area contributed by atoms with Crippen LogP contribution in [-0.4, -0.2) is 34.8 Å². The van der Waals surface area contributed by atoms with Gasteiger partial charge in [-0.2, -0.15) is 0 Å². The Balaban J connectivity index is 1.78. The molecule has 0 aliphatic carbocycles. The van der Waals surface area contributed by atoms with Gasteiger partial charge < -0.3 is 5.11 Å². The lowest BCUT2D eigenvalue weighted by molar-refractivity contribution is 0.0191. The van der Waals surface area contributed by atoms with Crippen LogP contribution in [0.4, 0.5) is 5.69 Å². The second kappa shape index (κ2) is 5.82. The van der Waals surface area contributed by atoms with Gasteiger partial charge in [0.1, 0.15) is 5.60 Å². The van der Waals surface area contributed by atoms with Crippen LogP contribution in [0, 0.1) is 11.8 Å². The number of benzene rings is 1. The van der Waals surface area contributed by atoms with E-state index in [1.807, 2.05) is 24.3 Å². The third-order valence-corrected chi connectivity index (χ3v) is 6.37. The fraction of sp³-hybridized carbons (Fsp3) is 0.571. The number of hydrogen-bond donors (Lipinski definition) is 1. The van der Waals surface area contributed by atoms with Gasteiger partial charge >= 0.3 is 0 Å². The Morgan fingerprint density at radius 1 is 1.50 bits per heavy atom. The number of aliphatic hydroxyl groups is 1. The molecule has 0 radical (unpaired) electrons. The lowest BCUT2D eigenvalue weighted by Gasteiger charge is -2.50. The molecule has 0 spiro atoms. The molecule has 0 saturated carbocycles. The van der Waals surface area contributed by atoms with Gasteiger partial charge in [0.2, 0.25) is 0 Å². The van der Waals surface area contributed by atoms with Crippen LogP contribution >= 0.6 is 0 Å². The van der Waals surface area contributed by atoms with Crippen molar-refractivity contribution in [1.82, 2.24) is 4.90 Å². The first-order valence-electron chi connectivity index (χ1n) is 9.73. The third kappa shape index (κ3) is 2.21. The van der Waals surface area contributed by atoms with Crippen LogP contribution in [0.2, 0.25) is 0 Å². The average molecular weight is 325 g/mol. The molecule has 3 aliphatic heterocycles. The SMILES string of the molecule is [2H][C@@]12C[C@H](/C(C)=C\C)[C@H](CC)CN1CC[C@@]1(O)C2=Nc2ccccc21. The van der Waals surface area contributed by atoms with E-state index in [9.17, 15) is 6.48 Å². The van der Waals surface area contributed by atoms with Gasteiger partial charge in [-0.05, 0) is 44.6 Å². The van der Waals surface area contributed by atoms with Crippen LogP contribution in [0.15, 0.2) is 40.9 Å². The van der Waals surface area contributed by atoms with Gasteiger partial charge in [0.05, 0.1) is 18.8 Å². The summed E-state index contributed by atoms with van der Waals surface area (Å²) in [4.78, 5) is 7.05. The zero-order valence-corrected chi connectivity index (χ0v) is 14.9. The number of piperidine rings is 2. The van der Waals surface area contributed by atoms with Crippen LogP contribution in [-0.2, 0) is 5.60 Å². The summed E-state index contributed by atoms with van der Waals surface area (Å²) in [7, 11) is 0. The first-order chi connectivity index (χ1) is 11.9. The van der Waals surface area contributed by atoms with Crippen LogP contribution < -0.4 is 0 Å². The maximum absolute atomic E-state index is 11.5. The number of rotatable bonds is 2. The molecule has 3 heterocycles. The zero-order valence-electron chi connectivity index (χ0n) is 15.9. The highest BCUT2D eigenvalue weighted by atomic mass is 16.3. The molecule has 0 amide bonds. The standard InChI is InChI=1S/C21H28N2O/c1-4-14(3)16-12-19-20-21(24,10-11-23(19)13-15(16)5-2)17-8-6-7-9-18(17)22-20/h4,6-9,15-16,19,24H,5,10-13H2,1-3H3/b14-4-/t15-,16-,19+,21+/m1/s1/i19D. The Morgan fingerprint density at radius 3 is 3.04 bits per heavy atom. The Kier molecular flexibility index (Phi) is 3.60. The molecule has 3 aliphatic rings. The van der Waals surface area contributed by atoms with Gasteiger partial charge in [0, 0.05) is 18.7 Å². The molecule has 1 aromatic carbocycles. The zero-order chi connectivity index (χ0) is 17.8. The van der Waals surface area contributed by atoms with E-state index < -0.39 is 11.6 Å². The molecule has 24 heavy (non-hydrogen) atoms. The topological polar surface area (TPSA) is 35.8 Å². The van der Waals surface area contributed by atoms with Crippen LogP contribution in [0.3, 0.4) is 0 Å². The van der Waals surface area contributed by atoms with E-state index in [0.29, 0.717) is 24.0 Å². The maximum atomic E-state index is 11.5. The van der Waals surface area contributed by atoms with Gasteiger partial charge in [0.25, 0.3) is 0 Å². The highest BCUT2D eigenvalue weighted by molar-refractivity contribution is 6.04. The van der Waals surface area contributed by atoms with Crippen LogP contribution in [0.1, 0.15) is 47.0 Å².